The number of carbonyl (C=O) groups excluding carboxylic acids is 2. The summed E-state index contributed by atoms with van der Waals surface area (Å²) in [6.07, 6.45) is 4.69. The molecule has 0 saturated heterocycles. The Morgan fingerprint density at radius 2 is 1.78 bits per heavy atom. The van der Waals surface area contributed by atoms with Crippen LogP contribution in [0, 0.1) is 13.8 Å². The first-order valence-electron chi connectivity index (χ1n) is 13.6. The first-order chi connectivity index (χ1) is 19.8. The fraction of sp³-hybridized carbons (Fsp3) is 0.188. The Morgan fingerprint density at radius 3 is 2.56 bits per heavy atom. The van der Waals surface area contributed by atoms with Gasteiger partial charge in [-0.15, -0.1) is 0 Å². The molecule has 206 valence electrons. The van der Waals surface area contributed by atoms with Crippen LogP contribution in [0.4, 0.5) is 22.0 Å². The van der Waals surface area contributed by atoms with E-state index in [1.807, 2.05) is 83.8 Å². The van der Waals surface area contributed by atoms with Gasteiger partial charge in [0.05, 0.1) is 17.6 Å². The second kappa shape index (κ2) is 10.4. The van der Waals surface area contributed by atoms with Gasteiger partial charge < -0.3 is 21.3 Å². The zero-order chi connectivity index (χ0) is 28.7. The van der Waals surface area contributed by atoms with Gasteiger partial charge in [-0.3, -0.25) is 9.20 Å². The Bertz CT molecular complexity index is 1870. The second-order valence-corrected chi connectivity index (χ2v) is 10.3. The number of nitrogen functional groups attached to an aromatic ring is 1. The van der Waals surface area contributed by atoms with Crippen molar-refractivity contribution in [3.05, 3.63) is 90.0 Å². The molecule has 3 amide bonds. The van der Waals surface area contributed by atoms with Gasteiger partial charge in [-0.05, 0) is 55.0 Å². The Hall–Kier alpha value is -5.18. The van der Waals surface area contributed by atoms with Crippen LogP contribution in [0.3, 0.4) is 0 Å². The summed E-state index contributed by atoms with van der Waals surface area (Å²) in [5.41, 5.74) is 13.1. The summed E-state index contributed by atoms with van der Waals surface area (Å²) in [5, 5.41) is 7.70. The highest BCUT2D eigenvalue weighted by atomic mass is 16.2. The highest BCUT2D eigenvalue weighted by Gasteiger charge is 2.23. The lowest BCUT2D eigenvalue weighted by Gasteiger charge is -2.27. The number of aromatic nitrogens is 3. The fourth-order valence-electron chi connectivity index (χ4n) is 5.55. The molecule has 0 aliphatic carbocycles. The number of fused-ring (bicyclic) bond motifs is 2. The molecule has 4 N–H and O–H groups in total. The van der Waals surface area contributed by atoms with Crippen LogP contribution < -0.4 is 16.4 Å². The van der Waals surface area contributed by atoms with Gasteiger partial charge in [-0.2, -0.15) is 0 Å². The molecule has 5 aromatic rings. The third-order valence-corrected chi connectivity index (χ3v) is 7.48. The van der Waals surface area contributed by atoms with Crippen LogP contribution in [0.15, 0.2) is 72.9 Å². The highest BCUT2D eigenvalue weighted by Crippen LogP contribution is 2.37. The summed E-state index contributed by atoms with van der Waals surface area (Å²) in [6, 6.07) is 19.1. The summed E-state index contributed by atoms with van der Waals surface area (Å²) in [4.78, 5) is 36.3. The van der Waals surface area contributed by atoms with Crippen molar-refractivity contribution in [1.82, 2.24) is 19.3 Å². The number of urea groups is 1. The molecule has 3 aromatic carbocycles. The number of anilines is 3. The maximum absolute atomic E-state index is 12.9. The third-order valence-electron chi connectivity index (χ3n) is 7.48. The minimum Gasteiger partial charge on any atom is -0.382 e. The molecule has 3 heterocycles. The summed E-state index contributed by atoms with van der Waals surface area (Å²) in [7, 11) is 0. The van der Waals surface area contributed by atoms with Crippen LogP contribution in [0.2, 0.25) is 0 Å². The summed E-state index contributed by atoms with van der Waals surface area (Å²) in [6.45, 7) is 6.73. The normalized spacial score (nSPS) is 13.3. The average molecular weight is 546 g/mol. The molecule has 1 aliphatic heterocycles. The zero-order valence-electron chi connectivity index (χ0n) is 23.2. The molecule has 0 bridgehead atoms. The molecule has 0 radical (unpaired) electrons. The van der Waals surface area contributed by atoms with E-state index in [1.165, 1.54) is 0 Å². The van der Waals surface area contributed by atoms with Gasteiger partial charge >= 0.3 is 6.03 Å². The minimum absolute atomic E-state index is 0.0472. The third kappa shape index (κ3) is 4.86. The van der Waals surface area contributed by atoms with E-state index >= 15 is 0 Å². The summed E-state index contributed by atoms with van der Waals surface area (Å²) >= 11 is 0. The lowest BCUT2D eigenvalue weighted by atomic mass is 10.00. The Kier molecular flexibility index (Phi) is 6.62. The first kappa shape index (κ1) is 26.1. The Morgan fingerprint density at radius 1 is 0.976 bits per heavy atom. The van der Waals surface area contributed by atoms with Crippen molar-refractivity contribution in [1.29, 1.82) is 0 Å². The number of amides is 3. The molecule has 9 nitrogen and oxygen atoms in total. The molecule has 41 heavy (non-hydrogen) atoms. The fourth-order valence-corrected chi connectivity index (χ4v) is 5.55. The molecule has 0 fully saturated rings. The Labute approximate surface area is 237 Å². The van der Waals surface area contributed by atoms with Gasteiger partial charge in [0, 0.05) is 36.7 Å². The lowest BCUT2D eigenvalue weighted by Crippen LogP contribution is -2.33. The summed E-state index contributed by atoms with van der Waals surface area (Å²) in [5.74, 6) is 1.18. The quantitative estimate of drug-likeness (QED) is 0.255. The van der Waals surface area contributed by atoms with Crippen molar-refractivity contribution in [3.8, 4) is 11.3 Å². The highest BCUT2D eigenvalue weighted by molar-refractivity contribution is 6.11. The topological polar surface area (TPSA) is 118 Å². The van der Waals surface area contributed by atoms with Crippen LogP contribution in [-0.4, -0.2) is 44.3 Å². The Balaban J connectivity index is 1.42. The molecule has 9 heteroatoms. The largest absolute Gasteiger partial charge is 0.382 e. The number of nitrogens with one attached hydrogen (secondary N) is 2. The second-order valence-electron chi connectivity index (χ2n) is 10.3. The number of benzene rings is 3. The van der Waals surface area contributed by atoms with Gasteiger partial charge in [-0.1, -0.05) is 48.5 Å². The van der Waals surface area contributed by atoms with Crippen molar-refractivity contribution < 1.29 is 9.59 Å². The zero-order valence-corrected chi connectivity index (χ0v) is 23.2. The van der Waals surface area contributed by atoms with Crippen LogP contribution in [0.25, 0.3) is 33.1 Å². The van der Waals surface area contributed by atoms with Crippen LogP contribution >= 0.6 is 0 Å². The SMILES string of the molecule is CC(=O)N1CCC=C(c2cnc(N)c3c(-c4ccc(NC(=O)Nc5cccc(C)c5)c5ccccc45)nc(C)n23)C1. The van der Waals surface area contributed by atoms with Crippen LogP contribution in [-0.2, 0) is 4.79 Å². The average Bonchev–Trinajstić information content (AvgIpc) is 3.31. The van der Waals surface area contributed by atoms with E-state index in [0.717, 1.165) is 51.1 Å². The smallest absolute Gasteiger partial charge is 0.323 e. The van der Waals surface area contributed by atoms with Crippen molar-refractivity contribution >= 4 is 51.0 Å². The molecule has 6 rings (SSSR count). The number of aryl methyl sites for hydroxylation is 2. The van der Waals surface area contributed by atoms with E-state index in [2.05, 4.69) is 21.7 Å². The van der Waals surface area contributed by atoms with Crippen molar-refractivity contribution in [2.45, 2.75) is 27.2 Å². The van der Waals surface area contributed by atoms with Gasteiger partial charge in [0.25, 0.3) is 0 Å². The van der Waals surface area contributed by atoms with Crippen LogP contribution in [0.1, 0.15) is 30.4 Å². The van der Waals surface area contributed by atoms with E-state index in [-0.39, 0.29) is 11.9 Å². The number of hydrogen-bond acceptors (Lipinski definition) is 5. The van der Waals surface area contributed by atoms with Gasteiger partial charge in [-0.25, -0.2) is 14.8 Å². The summed E-state index contributed by atoms with van der Waals surface area (Å²) < 4.78 is 2.03. The van der Waals surface area contributed by atoms with Crippen molar-refractivity contribution in [2.24, 2.45) is 0 Å². The number of rotatable bonds is 4. The molecule has 0 unspecified atom stereocenters. The van der Waals surface area contributed by atoms with E-state index in [4.69, 9.17) is 10.7 Å². The molecule has 1 aliphatic rings. The van der Waals surface area contributed by atoms with E-state index < -0.39 is 0 Å². The number of nitrogens with two attached hydrogens (primary N) is 1. The molecule has 0 atom stereocenters. The van der Waals surface area contributed by atoms with E-state index in [0.29, 0.717) is 35.8 Å². The van der Waals surface area contributed by atoms with Crippen molar-refractivity contribution in [2.75, 3.05) is 29.5 Å². The van der Waals surface area contributed by atoms with Crippen molar-refractivity contribution in [3.63, 3.8) is 0 Å². The maximum Gasteiger partial charge on any atom is 0.323 e. The maximum atomic E-state index is 12.9. The number of hydrogen-bond donors (Lipinski definition) is 3. The van der Waals surface area contributed by atoms with Gasteiger partial charge in [0.15, 0.2) is 0 Å². The molecular formula is C32H31N7O2. The lowest BCUT2D eigenvalue weighted by molar-refractivity contribution is -0.128. The molecule has 0 saturated carbocycles. The van der Waals surface area contributed by atoms with E-state index in [9.17, 15) is 9.59 Å². The number of carbonyl (C=O) groups is 2. The van der Waals surface area contributed by atoms with E-state index in [1.54, 1.807) is 13.1 Å². The number of imidazole rings is 1. The monoisotopic (exact) mass is 545 g/mol. The van der Waals surface area contributed by atoms with Gasteiger partial charge in [0.1, 0.15) is 22.9 Å². The predicted molar refractivity (Wildman–Crippen MR) is 164 cm³/mol. The standard InChI is InChI=1S/C32H31N7O2/c1-19-8-6-10-23(16-19)36-32(41)37-27-14-13-26(24-11-4-5-12-25(24)27)29-30-31(33)34-17-28(39(30)20(2)35-29)22-9-7-15-38(18-22)21(3)40/h4-6,8-14,16-17H,7,15,18H2,1-3H3,(H2,33,34)(H2,36,37,41). The first-order valence-corrected chi connectivity index (χ1v) is 13.6. The minimum atomic E-state index is -0.324. The number of nitrogens with zero attached hydrogens (tertiary/aromatic N) is 4. The predicted octanol–water partition coefficient (Wildman–Crippen LogP) is 6.03. The van der Waals surface area contributed by atoms with Crippen LogP contribution in [0.5, 0.6) is 0 Å². The molecule has 2 aromatic heterocycles. The molecular weight excluding hydrogens is 514 g/mol. The molecule has 0 spiro atoms. The van der Waals surface area contributed by atoms with Gasteiger partial charge in [0.2, 0.25) is 5.91 Å².